The first-order valence-corrected chi connectivity index (χ1v) is 7.12. The second-order valence-electron chi connectivity index (χ2n) is 4.56. The molecule has 0 spiro atoms. The fraction of sp³-hybridized carbons (Fsp3) is 0.0625. The lowest BCUT2D eigenvalue weighted by Gasteiger charge is -2.07. The highest BCUT2D eigenvalue weighted by atomic mass is 35.5. The lowest BCUT2D eigenvalue weighted by Crippen LogP contribution is -2.39. The third-order valence-corrected chi connectivity index (χ3v) is 2.99. The molecule has 2 aromatic carbocycles. The minimum atomic E-state index is -0.893. The summed E-state index contributed by atoms with van der Waals surface area (Å²) in [6.45, 7) is -0.326. The average molecular weight is 332 g/mol. The minimum Gasteiger partial charge on any atom is -0.339 e. The molecule has 0 atom stereocenters. The Morgan fingerprint density at radius 2 is 1.52 bits per heavy atom. The highest BCUT2D eigenvalue weighted by molar-refractivity contribution is 6.39. The number of para-hydroxylation sites is 1. The van der Waals surface area contributed by atoms with Gasteiger partial charge in [-0.3, -0.25) is 14.4 Å². The van der Waals surface area contributed by atoms with Crippen molar-refractivity contribution in [2.24, 2.45) is 0 Å². The van der Waals surface area contributed by atoms with Gasteiger partial charge in [0.05, 0.1) is 6.54 Å². The van der Waals surface area contributed by atoms with Gasteiger partial charge in [-0.15, -0.1) is 0 Å². The summed E-state index contributed by atoms with van der Waals surface area (Å²) in [5.41, 5.74) is 1.00. The molecule has 0 heterocycles. The molecule has 0 aliphatic rings. The fourth-order valence-electron chi connectivity index (χ4n) is 1.72. The van der Waals surface area contributed by atoms with E-state index in [1.807, 2.05) is 0 Å². The van der Waals surface area contributed by atoms with Gasteiger partial charge in [-0.25, -0.2) is 0 Å². The molecule has 0 aromatic heterocycles. The summed E-state index contributed by atoms with van der Waals surface area (Å²) in [7, 11) is 0. The van der Waals surface area contributed by atoms with Crippen molar-refractivity contribution in [3.8, 4) is 0 Å². The summed E-state index contributed by atoms with van der Waals surface area (Å²) >= 11 is 5.80. The summed E-state index contributed by atoms with van der Waals surface area (Å²) < 4.78 is 0. The molecular weight excluding hydrogens is 318 g/mol. The number of halogens is 1. The molecule has 0 fully saturated rings. The summed E-state index contributed by atoms with van der Waals surface area (Å²) in [6.07, 6.45) is 0. The number of rotatable bonds is 4. The molecule has 118 valence electrons. The van der Waals surface area contributed by atoms with E-state index in [4.69, 9.17) is 11.6 Å². The van der Waals surface area contributed by atoms with Gasteiger partial charge in [0.25, 0.3) is 0 Å². The number of hydrogen-bond acceptors (Lipinski definition) is 3. The van der Waals surface area contributed by atoms with Crippen LogP contribution in [-0.2, 0) is 14.4 Å². The van der Waals surface area contributed by atoms with Crippen LogP contribution in [0.25, 0.3) is 0 Å². The predicted molar refractivity (Wildman–Crippen MR) is 88.2 cm³/mol. The largest absolute Gasteiger partial charge is 0.339 e. The molecule has 7 heteroatoms. The van der Waals surface area contributed by atoms with Crippen molar-refractivity contribution < 1.29 is 14.4 Å². The quantitative estimate of drug-likeness (QED) is 0.749. The molecule has 23 heavy (non-hydrogen) atoms. The van der Waals surface area contributed by atoms with Crippen LogP contribution in [0.2, 0.25) is 5.02 Å². The van der Waals surface area contributed by atoms with Crippen LogP contribution in [0.5, 0.6) is 0 Å². The predicted octanol–water partition coefficient (Wildman–Crippen LogP) is 2.03. The number of amides is 3. The normalized spacial score (nSPS) is 9.78. The Bertz CT molecular complexity index is 720. The first-order chi connectivity index (χ1) is 11.0. The SMILES string of the molecule is O=C(CNC(=O)C(=O)Nc1ccccc1)Nc1cccc(Cl)c1. The Labute approximate surface area is 137 Å². The summed E-state index contributed by atoms with van der Waals surface area (Å²) in [4.78, 5) is 35.0. The van der Waals surface area contributed by atoms with Crippen LogP contribution >= 0.6 is 11.6 Å². The Morgan fingerprint density at radius 3 is 2.22 bits per heavy atom. The standard InChI is InChI=1S/C16H14ClN3O3/c17-11-5-4-8-13(9-11)19-14(21)10-18-15(22)16(23)20-12-6-2-1-3-7-12/h1-9H,10H2,(H,18,22)(H,19,21)(H,20,23). The van der Waals surface area contributed by atoms with E-state index in [0.29, 0.717) is 16.4 Å². The smallest absolute Gasteiger partial charge is 0.313 e. The van der Waals surface area contributed by atoms with E-state index in [0.717, 1.165) is 0 Å². The Morgan fingerprint density at radius 1 is 0.826 bits per heavy atom. The van der Waals surface area contributed by atoms with Gasteiger partial charge in [-0.05, 0) is 30.3 Å². The van der Waals surface area contributed by atoms with Gasteiger partial charge >= 0.3 is 11.8 Å². The van der Waals surface area contributed by atoms with Crippen LogP contribution in [-0.4, -0.2) is 24.3 Å². The van der Waals surface area contributed by atoms with Crippen LogP contribution in [0.3, 0.4) is 0 Å². The van der Waals surface area contributed by atoms with Crippen molar-refractivity contribution in [1.29, 1.82) is 0 Å². The zero-order chi connectivity index (χ0) is 16.7. The van der Waals surface area contributed by atoms with Crippen molar-refractivity contribution in [2.45, 2.75) is 0 Å². The van der Waals surface area contributed by atoms with E-state index < -0.39 is 17.7 Å². The van der Waals surface area contributed by atoms with Gasteiger partial charge in [0.2, 0.25) is 5.91 Å². The zero-order valence-electron chi connectivity index (χ0n) is 12.0. The van der Waals surface area contributed by atoms with Crippen molar-refractivity contribution in [2.75, 3.05) is 17.2 Å². The van der Waals surface area contributed by atoms with E-state index >= 15 is 0 Å². The van der Waals surface area contributed by atoms with E-state index in [1.165, 1.54) is 0 Å². The second-order valence-corrected chi connectivity index (χ2v) is 5.00. The number of carbonyl (C=O) groups excluding carboxylic acids is 3. The molecule has 0 saturated carbocycles. The molecule has 0 aliphatic carbocycles. The van der Waals surface area contributed by atoms with E-state index in [2.05, 4.69) is 16.0 Å². The highest BCUT2D eigenvalue weighted by Gasteiger charge is 2.14. The van der Waals surface area contributed by atoms with Gasteiger partial charge in [-0.1, -0.05) is 35.9 Å². The molecule has 0 bridgehead atoms. The molecule has 3 amide bonds. The topological polar surface area (TPSA) is 87.3 Å². The van der Waals surface area contributed by atoms with Gasteiger partial charge in [0.1, 0.15) is 0 Å². The number of benzene rings is 2. The number of carbonyl (C=O) groups is 3. The van der Waals surface area contributed by atoms with Crippen LogP contribution in [0.1, 0.15) is 0 Å². The van der Waals surface area contributed by atoms with Crippen LogP contribution in [0.4, 0.5) is 11.4 Å². The molecule has 0 saturated heterocycles. The molecule has 2 rings (SSSR count). The van der Waals surface area contributed by atoms with E-state index in [-0.39, 0.29) is 6.54 Å². The molecule has 0 aliphatic heterocycles. The first-order valence-electron chi connectivity index (χ1n) is 6.74. The third-order valence-electron chi connectivity index (χ3n) is 2.76. The van der Waals surface area contributed by atoms with Crippen LogP contribution in [0, 0.1) is 0 Å². The molecule has 0 unspecified atom stereocenters. The monoisotopic (exact) mass is 331 g/mol. The van der Waals surface area contributed by atoms with E-state index in [1.54, 1.807) is 54.6 Å². The maximum absolute atomic E-state index is 11.7. The molecule has 3 N–H and O–H groups in total. The number of hydrogen-bond donors (Lipinski definition) is 3. The van der Waals surface area contributed by atoms with Gasteiger partial charge in [0, 0.05) is 16.4 Å². The van der Waals surface area contributed by atoms with Gasteiger partial charge < -0.3 is 16.0 Å². The summed E-state index contributed by atoms with van der Waals surface area (Å²) in [5, 5.41) is 7.70. The lowest BCUT2D eigenvalue weighted by molar-refractivity contribution is -0.136. The van der Waals surface area contributed by atoms with Crippen molar-refractivity contribution in [3.05, 3.63) is 59.6 Å². The van der Waals surface area contributed by atoms with Crippen molar-refractivity contribution in [3.63, 3.8) is 0 Å². The Hall–Kier alpha value is -2.86. The third kappa shape index (κ3) is 5.44. The first kappa shape index (κ1) is 16.5. The van der Waals surface area contributed by atoms with Crippen LogP contribution < -0.4 is 16.0 Å². The second kappa shape index (κ2) is 7.95. The van der Waals surface area contributed by atoms with E-state index in [9.17, 15) is 14.4 Å². The Kier molecular flexibility index (Phi) is 5.71. The highest BCUT2D eigenvalue weighted by Crippen LogP contribution is 2.14. The number of nitrogens with one attached hydrogen (secondary N) is 3. The minimum absolute atomic E-state index is 0.326. The zero-order valence-corrected chi connectivity index (χ0v) is 12.8. The number of anilines is 2. The molecule has 0 radical (unpaired) electrons. The van der Waals surface area contributed by atoms with Crippen LogP contribution in [0.15, 0.2) is 54.6 Å². The molecule has 2 aromatic rings. The van der Waals surface area contributed by atoms with Crippen molar-refractivity contribution in [1.82, 2.24) is 5.32 Å². The maximum Gasteiger partial charge on any atom is 0.313 e. The fourth-order valence-corrected chi connectivity index (χ4v) is 1.91. The summed E-state index contributed by atoms with van der Waals surface area (Å²) in [6, 6.07) is 15.1. The molecular formula is C16H14ClN3O3. The maximum atomic E-state index is 11.7. The Balaban J connectivity index is 1.79. The molecule has 6 nitrogen and oxygen atoms in total. The van der Waals surface area contributed by atoms with Gasteiger partial charge in [0.15, 0.2) is 0 Å². The van der Waals surface area contributed by atoms with Crippen molar-refractivity contribution >= 4 is 40.7 Å². The average Bonchev–Trinajstić information content (AvgIpc) is 2.53. The van der Waals surface area contributed by atoms with Gasteiger partial charge in [-0.2, -0.15) is 0 Å². The summed E-state index contributed by atoms with van der Waals surface area (Å²) in [5.74, 6) is -2.20. The lowest BCUT2D eigenvalue weighted by atomic mass is 10.3.